The number of H-pyrrole nitrogens is 1. The van der Waals surface area contributed by atoms with Gasteiger partial charge in [-0.15, -0.1) is 0 Å². The number of methoxy groups -OCH3 is 1. The Bertz CT molecular complexity index is 2410. The number of aliphatic hydroxyl groups is 1. The quantitative estimate of drug-likeness (QED) is 0.0774. The minimum absolute atomic E-state index is 0.0483. The first-order valence-corrected chi connectivity index (χ1v) is 19.8. The van der Waals surface area contributed by atoms with Crippen LogP contribution in [0.15, 0.2) is 126 Å². The number of aromatic nitrogens is 1. The van der Waals surface area contributed by atoms with E-state index in [1.54, 1.807) is 19.2 Å². The standard InChI is InChI=1S/C47H48N4O7/c1-56-42-25-34(14-15-36(42)26-48-27-41(53)38-16-18-40(52)46-39(38)17-19-44(54)49-46)31-12-10-30(11-13-31)29-57-37-9-5-8-35(24-37)45(33-6-3-2-4-7-33)50-47(55)58-43-28-51-22-20-32(43)21-23-51/h2-19,24-25,32,41,43,45,48,52-53H,20-23,26-29H2,1H3,(H,49,54)(H,50,55)/t41-,43-,45-/m0/s1. The lowest BCUT2D eigenvalue weighted by Crippen LogP contribution is -2.52. The highest BCUT2D eigenvalue weighted by molar-refractivity contribution is 5.87. The Morgan fingerprint density at radius 2 is 1.66 bits per heavy atom. The second-order valence-electron chi connectivity index (χ2n) is 15.1. The number of hydrogen-bond donors (Lipinski definition) is 5. The van der Waals surface area contributed by atoms with E-state index in [1.807, 2.05) is 84.9 Å². The Balaban J connectivity index is 0.878. The van der Waals surface area contributed by atoms with Crippen molar-refractivity contribution in [3.05, 3.63) is 159 Å². The topological polar surface area (TPSA) is 145 Å². The molecule has 0 unspecified atom stereocenters. The number of phenols is 1. The van der Waals surface area contributed by atoms with Crippen molar-refractivity contribution in [3.63, 3.8) is 0 Å². The van der Waals surface area contributed by atoms with Gasteiger partial charge in [-0.3, -0.25) is 9.69 Å². The predicted octanol–water partition coefficient (Wildman–Crippen LogP) is 7.22. The predicted molar refractivity (Wildman–Crippen MR) is 223 cm³/mol. The van der Waals surface area contributed by atoms with Gasteiger partial charge in [0.2, 0.25) is 5.56 Å². The molecule has 0 spiro atoms. The monoisotopic (exact) mass is 780 g/mol. The van der Waals surface area contributed by atoms with E-state index in [1.165, 1.54) is 12.1 Å². The van der Waals surface area contributed by atoms with Crippen molar-refractivity contribution in [1.29, 1.82) is 0 Å². The molecule has 3 aliphatic rings. The number of nitrogens with zero attached hydrogens (tertiary/aromatic N) is 1. The molecule has 0 radical (unpaired) electrons. The smallest absolute Gasteiger partial charge is 0.408 e. The molecule has 2 bridgehead atoms. The third kappa shape index (κ3) is 8.87. The average molecular weight is 781 g/mol. The van der Waals surface area contributed by atoms with E-state index >= 15 is 0 Å². The summed E-state index contributed by atoms with van der Waals surface area (Å²) >= 11 is 0. The van der Waals surface area contributed by atoms with Gasteiger partial charge in [0.15, 0.2) is 0 Å². The van der Waals surface area contributed by atoms with Crippen LogP contribution in [-0.4, -0.2) is 65.6 Å². The summed E-state index contributed by atoms with van der Waals surface area (Å²) in [6.45, 7) is 4.05. The molecule has 3 fully saturated rings. The number of nitrogens with one attached hydrogen (secondary N) is 3. The van der Waals surface area contributed by atoms with E-state index in [4.69, 9.17) is 14.2 Å². The van der Waals surface area contributed by atoms with Crippen LogP contribution < -0.4 is 25.7 Å². The van der Waals surface area contributed by atoms with Crippen molar-refractivity contribution in [2.75, 3.05) is 33.3 Å². The maximum absolute atomic E-state index is 13.3. The number of benzene rings is 5. The Labute approximate surface area is 337 Å². The summed E-state index contributed by atoms with van der Waals surface area (Å²) in [7, 11) is 1.64. The van der Waals surface area contributed by atoms with Crippen LogP contribution in [0.2, 0.25) is 0 Å². The molecule has 58 heavy (non-hydrogen) atoms. The Morgan fingerprint density at radius 1 is 0.879 bits per heavy atom. The molecule has 9 rings (SSSR count). The van der Waals surface area contributed by atoms with Gasteiger partial charge in [0.05, 0.1) is 24.8 Å². The molecular formula is C47H48N4O7. The van der Waals surface area contributed by atoms with Gasteiger partial charge in [0.1, 0.15) is 30.0 Å². The lowest BCUT2D eigenvalue weighted by Gasteiger charge is -2.43. The molecule has 11 nitrogen and oxygen atoms in total. The normalized spacial score (nSPS) is 18.3. The van der Waals surface area contributed by atoms with Crippen molar-refractivity contribution in [2.24, 2.45) is 5.92 Å². The number of aromatic hydroxyl groups is 1. The van der Waals surface area contributed by atoms with E-state index < -0.39 is 18.2 Å². The second-order valence-corrected chi connectivity index (χ2v) is 15.1. The molecule has 6 aromatic rings. The molecule has 298 valence electrons. The number of hydrogen-bond acceptors (Lipinski definition) is 9. The Morgan fingerprint density at radius 3 is 2.41 bits per heavy atom. The molecule has 3 aliphatic heterocycles. The van der Waals surface area contributed by atoms with E-state index in [0.29, 0.717) is 41.3 Å². The van der Waals surface area contributed by atoms with Gasteiger partial charge < -0.3 is 40.0 Å². The maximum atomic E-state index is 13.3. The van der Waals surface area contributed by atoms with Crippen LogP contribution in [0.1, 0.15) is 52.8 Å². The number of phenolic OH excluding ortho intramolecular Hbond substituents is 1. The zero-order chi connectivity index (χ0) is 40.0. The van der Waals surface area contributed by atoms with E-state index in [0.717, 1.165) is 71.6 Å². The maximum Gasteiger partial charge on any atom is 0.408 e. The SMILES string of the molecule is COc1cc(-c2ccc(COc3cccc([C@@H](NC(=O)O[C@H]4CN5CCC4CC5)c4ccccc4)c3)cc2)ccc1CNC[C@H](O)c1ccc(O)c2[nH]c(=O)ccc12. The van der Waals surface area contributed by atoms with Crippen molar-refractivity contribution in [3.8, 4) is 28.4 Å². The molecular weight excluding hydrogens is 733 g/mol. The molecule has 5 aromatic carbocycles. The Kier molecular flexibility index (Phi) is 11.7. The van der Waals surface area contributed by atoms with Crippen LogP contribution >= 0.6 is 0 Å². The average Bonchev–Trinajstić information content (AvgIpc) is 3.26. The van der Waals surface area contributed by atoms with Crippen LogP contribution in [0, 0.1) is 5.92 Å². The molecule has 1 amide bonds. The summed E-state index contributed by atoms with van der Waals surface area (Å²) in [6, 6.07) is 37.7. The number of aromatic amines is 1. The third-order valence-corrected chi connectivity index (χ3v) is 11.3. The van der Waals surface area contributed by atoms with Crippen molar-refractivity contribution in [2.45, 2.75) is 44.2 Å². The number of carbonyl (C=O) groups is 1. The molecule has 4 heterocycles. The summed E-state index contributed by atoms with van der Waals surface area (Å²) in [5.74, 6) is 1.80. The summed E-state index contributed by atoms with van der Waals surface area (Å²) in [6.07, 6.45) is 0.801. The van der Waals surface area contributed by atoms with Crippen molar-refractivity contribution in [1.82, 2.24) is 20.5 Å². The lowest BCUT2D eigenvalue weighted by atomic mass is 9.86. The van der Waals surface area contributed by atoms with Crippen LogP contribution in [0.25, 0.3) is 22.0 Å². The van der Waals surface area contributed by atoms with E-state index in [9.17, 15) is 19.8 Å². The minimum atomic E-state index is -0.871. The summed E-state index contributed by atoms with van der Waals surface area (Å²) in [4.78, 5) is 30.1. The van der Waals surface area contributed by atoms with Gasteiger partial charge in [-0.1, -0.05) is 84.9 Å². The highest BCUT2D eigenvalue weighted by Gasteiger charge is 2.37. The molecule has 0 saturated carbocycles. The number of amides is 1. The fourth-order valence-electron chi connectivity index (χ4n) is 8.16. The first-order valence-electron chi connectivity index (χ1n) is 19.8. The molecule has 3 saturated heterocycles. The summed E-state index contributed by atoms with van der Waals surface area (Å²) < 4.78 is 18.0. The van der Waals surface area contributed by atoms with E-state index in [-0.39, 0.29) is 24.0 Å². The van der Waals surface area contributed by atoms with Gasteiger partial charge in [0.25, 0.3) is 0 Å². The lowest BCUT2D eigenvalue weighted by molar-refractivity contribution is -0.0336. The van der Waals surface area contributed by atoms with Crippen molar-refractivity contribution < 1.29 is 29.2 Å². The first-order chi connectivity index (χ1) is 28.3. The molecule has 1 aromatic heterocycles. The zero-order valence-electron chi connectivity index (χ0n) is 32.4. The van der Waals surface area contributed by atoms with E-state index in [2.05, 4.69) is 32.7 Å². The number of aliphatic hydroxyl groups excluding tert-OH is 1. The largest absolute Gasteiger partial charge is 0.506 e. The zero-order valence-corrected chi connectivity index (χ0v) is 32.4. The third-order valence-electron chi connectivity index (χ3n) is 11.3. The number of ether oxygens (including phenoxy) is 3. The highest BCUT2D eigenvalue weighted by atomic mass is 16.6. The van der Waals surface area contributed by atoms with Gasteiger partial charge >= 0.3 is 6.09 Å². The Hall–Kier alpha value is -6.14. The number of piperidine rings is 3. The number of rotatable bonds is 14. The van der Waals surface area contributed by atoms with Crippen LogP contribution in [0.3, 0.4) is 0 Å². The number of carbonyl (C=O) groups excluding carboxylic acids is 1. The van der Waals surface area contributed by atoms with Gasteiger partial charge in [-0.2, -0.15) is 0 Å². The van der Waals surface area contributed by atoms with Crippen LogP contribution in [0.4, 0.5) is 4.79 Å². The van der Waals surface area contributed by atoms with Crippen LogP contribution in [-0.2, 0) is 17.9 Å². The molecule has 3 atom stereocenters. The number of alkyl carbamates (subject to hydrolysis) is 1. The fraction of sp³-hybridized carbons (Fsp3) is 0.277. The van der Waals surface area contributed by atoms with Gasteiger partial charge in [0, 0.05) is 36.7 Å². The fourth-order valence-corrected chi connectivity index (χ4v) is 8.16. The minimum Gasteiger partial charge on any atom is -0.506 e. The van der Waals surface area contributed by atoms with Crippen LogP contribution in [0.5, 0.6) is 17.2 Å². The first kappa shape index (κ1) is 38.7. The number of pyridine rings is 1. The summed E-state index contributed by atoms with van der Waals surface area (Å²) in [5.41, 5.74) is 6.40. The molecule has 5 N–H and O–H groups in total. The number of fused-ring (bicyclic) bond motifs is 4. The summed E-state index contributed by atoms with van der Waals surface area (Å²) in [5, 5.41) is 28.2. The van der Waals surface area contributed by atoms with Crippen molar-refractivity contribution >= 4 is 17.0 Å². The van der Waals surface area contributed by atoms with Gasteiger partial charge in [-0.25, -0.2) is 4.79 Å². The molecule has 0 aliphatic carbocycles. The molecule has 11 heteroatoms. The highest BCUT2D eigenvalue weighted by Crippen LogP contribution is 2.33. The second kappa shape index (κ2) is 17.6. The van der Waals surface area contributed by atoms with Gasteiger partial charge in [-0.05, 0) is 95.6 Å².